The summed E-state index contributed by atoms with van der Waals surface area (Å²) in [6.07, 6.45) is 2.78. The van der Waals surface area contributed by atoms with E-state index < -0.39 is 5.97 Å². The molecular weight excluding hydrogens is 270 g/mol. The molecule has 0 radical (unpaired) electrons. The van der Waals surface area contributed by atoms with Gasteiger partial charge in [0.1, 0.15) is 12.3 Å². The summed E-state index contributed by atoms with van der Waals surface area (Å²) in [6, 6.07) is 6.84. The molecule has 0 aliphatic carbocycles. The van der Waals surface area contributed by atoms with Crippen molar-refractivity contribution in [1.29, 1.82) is 0 Å². The zero-order valence-corrected chi connectivity index (χ0v) is 12.7. The maximum Gasteiger partial charge on any atom is 0.323 e. The number of ether oxygens (including phenoxy) is 1. The zero-order valence-electron chi connectivity index (χ0n) is 12.7. The van der Waals surface area contributed by atoms with Gasteiger partial charge in [-0.25, -0.2) is 0 Å². The topological polar surface area (TPSA) is 66.8 Å². The number of carboxylic acids is 1. The minimum atomic E-state index is -1.00. The molecule has 0 aliphatic heterocycles. The minimum absolute atomic E-state index is 0.264. The number of amides is 1. The van der Waals surface area contributed by atoms with E-state index in [0.717, 1.165) is 25.0 Å². The predicted octanol–water partition coefficient (Wildman–Crippen LogP) is 2.80. The molecule has 0 saturated heterocycles. The molecule has 0 spiro atoms. The van der Waals surface area contributed by atoms with E-state index in [4.69, 9.17) is 9.84 Å². The molecule has 1 rings (SSSR count). The van der Waals surface area contributed by atoms with E-state index >= 15 is 0 Å². The van der Waals surface area contributed by atoms with Gasteiger partial charge in [-0.3, -0.25) is 9.59 Å². The Kier molecular flexibility index (Phi) is 7.29. The molecule has 0 unspecified atom stereocenters. The van der Waals surface area contributed by atoms with Crippen molar-refractivity contribution < 1.29 is 19.4 Å². The number of hydrogen-bond donors (Lipinski definition) is 1. The number of aliphatic carboxylic acids is 1. The molecule has 1 aromatic rings. The summed E-state index contributed by atoms with van der Waals surface area (Å²) in [5.41, 5.74) is 0.479. The van der Waals surface area contributed by atoms with Crippen molar-refractivity contribution in [1.82, 2.24) is 4.90 Å². The molecular formula is C16H23NO4. The lowest BCUT2D eigenvalue weighted by molar-refractivity contribution is -0.137. The van der Waals surface area contributed by atoms with E-state index in [1.54, 1.807) is 24.3 Å². The van der Waals surface area contributed by atoms with Crippen LogP contribution in [-0.2, 0) is 4.79 Å². The van der Waals surface area contributed by atoms with Gasteiger partial charge in [0, 0.05) is 12.1 Å². The van der Waals surface area contributed by atoms with Crippen LogP contribution >= 0.6 is 0 Å². The molecule has 21 heavy (non-hydrogen) atoms. The van der Waals surface area contributed by atoms with Gasteiger partial charge in [0.25, 0.3) is 5.91 Å². The van der Waals surface area contributed by atoms with Crippen LogP contribution in [0.2, 0.25) is 0 Å². The van der Waals surface area contributed by atoms with Crippen LogP contribution in [0.4, 0.5) is 0 Å². The molecule has 0 fully saturated rings. The predicted molar refractivity (Wildman–Crippen MR) is 80.7 cm³/mol. The molecule has 0 bridgehead atoms. The van der Waals surface area contributed by atoms with Gasteiger partial charge >= 0.3 is 5.97 Å². The largest absolute Gasteiger partial charge is 0.494 e. The molecule has 0 saturated carbocycles. The maximum atomic E-state index is 12.3. The van der Waals surface area contributed by atoms with Gasteiger partial charge in [-0.1, -0.05) is 20.3 Å². The second kappa shape index (κ2) is 9.00. The number of nitrogens with zero attached hydrogens (tertiary/aromatic N) is 1. The molecule has 5 heteroatoms. The smallest absolute Gasteiger partial charge is 0.323 e. The van der Waals surface area contributed by atoms with Crippen LogP contribution in [0.3, 0.4) is 0 Å². The lowest BCUT2D eigenvalue weighted by atomic mass is 10.2. The molecule has 1 amide bonds. The number of carboxylic acid groups (broad SMARTS) is 1. The Bertz CT molecular complexity index is 456. The molecule has 0 aromatic heterocycles. The fraction of sp³-hybridized carbons (Fsp3) is 0.500. The monoisotopic (exact) mass is 293 g/mol. The van der Waals surface area contributed by atoms with Gasteiger partial charge in [-0.05, 0) is 37.1 Å². The maximum absolute atomic E-state index is 12.3. The highest BCUT2D eigenvalue weighted by molar-refractivity contribution is 5.95. The van der Waals surface area contributed by atoms with Gasteiger partial charge in [0.2, 0.25) is 0 Å². The van der Waals surface area contributed by atoms with Crippen molar-refractivity contribution in [3.8, 4) is 5.75 Å². The second-order valence-corrected chi connectivity index (χ2v) is 4.85. The summed E-state index contributed by atoms with van der Waals surface area (Å²) in [6.45, 7) is 4.81. The third-order valence-electron chi connectivity index (χ3n) is 2.97. The van der Waals surface area contributed by atoms with E-state index in [1.807, 2.05) is 6.92 Å². The van der Waals surface area contributed by atoms with Crippen molar-refractivity contribution in [2.24, 2.45) is 0 Å². The molecule has 116 valence electrons. The Hall–Kier alpha value is -2.04. The molecule has 0 heterocycles. The highest BCUT2D eigenvalue weighted by atomic mass is 16.5. The van der Waals surface area contributed by atoms with Crippen molar-refractivity contribution in [2.45, 2.75) is 33.1 Å². The third-order valence-corrected chi connectivity index (χ3v) is 2.97. The highest BCUT2D eigenvalue weighted by Crippen LogP contribution is 2.14. The first-order chi connectivity index (χ1) is 10.1. The van der Waals surface area contributed by atoms with E-state index in [0.29, 0.717) is 18.7 Å². The van der Waals surface area contributed by atoms with Crippen molar-refractivity contribution in [3.63, 3.8) is 0 Å². The van der Waals surface area contributed by atoms with E-state index in [-0.39, 0.29) is 12.5 Å². The Labute approximate surface area is 125 Å². The zero-order chi connectivity index (χ0) is 15.7. The van der Waals surface area contributed by atoms with Crippen molar-refractivity contribution in [3.05, 3.63) is 29.8 Å². The average Bonchev–Trinajstić information content (AvgIpc) is 2.47. The van der Waals surface area contributed by atoms with Crippen LogP contribution in [0.5, 0.6) is 5.75 Å². The van der Waals surface area contributed by atoms with E-state index in [2.05, 4.69) is 6.92 Å². The number of hydrogen-bond acceptors (Lipinski definition) is 3. The Morgan fingerprint density at radius 2 is 1.81 bits per heavy atom. The third kappa shape index (κ3) is 5.85. The molecule has 1 N–H and O–H groups in total. The molecule has 0 aliphatic rings. The first-order valence-electron chi connectivity index (χ1n) is 7.32. The quantitative estimate of drug-likeness (QED) is 0.711. The fourth-order valence-electron chi connectivity index (χ4n) is 1.90. The standard InChI is InChI=1S/C16H23NO4/c1-3-5-11-21-14-8-6-13(7-9-14)16(20)17(10-4-2)12-15(18)19/h6-9H,3-5,10-12H2,1-2H3,(H,18,19). The number of rotatable bonds is 9. The van der Waals surface area contributed by atoms with Crippen molar-refractivity contribution >= 4 is 11.9 Å². The number of unbranched alkanes of at least 4 members (excludes halogenated alkanes) is 1. The second-order valence-electron chi connectivity index (χ2n) is 4.85. The lowest BCUT2D eigenvalue weighted by Crippen LogP contribution is -2.36. The van der Waals surface area contributed by atoms with Crippen LogP contribution < -0.4 is 4.74 Å². The van der Waals surface area contributed by atoms with Crippen LogP contribution in [0, 0.1) is 0 Å². The normalized spacial score (nSPS) is 10.2. The van der Waals surface area contributed by atoms with Crippen LogP contribution in [0.15, 0.2) is 24.3 Å². The van der Waals surface area contributed by atoms with E-state index in [1.165, 1.54) is 4.90 Å². The SMILES string of the molecule is CCCCOc1ccc(C(=O)N(CCC)CC(=O)O)cc1. The summed E-state index contributed by atoms with van der Waals surface area (Å²) >= 11 is 0. The van der Waals surface area contributed by atoms with E-state index in [9.17, 15) is 9.59 Å². The van der Waals surface area contributed by atoms with Crippen LogP contribution in [0.25, 0.3) is 0 Å². The summed E-state index contributed by atoms with van der Waals surface area (Å²) in [5, 5.41) is 8.86. The highest BCUT2D eigenvalue weighted by Gasteiger charge is 2.17. The lowest BCUT2D eigenvalue weighted by Gasteiger charge is -2.20. The first kappa shape index (κ1) is 17.0. The minimum Gasteiger partial charge on any atom is -0.494 e. The number of carbonyl (C=O) groups excluding carboxylic acids is 1. The molecule has 5 nitrogen and oxygen atoms in total. The Balaban J connectivity index is 2.69. The Morgan fingerprint density at radius 3 is 2.33 bits per heavy atom. The summed E-state index contributed by atoms with van der Waals surface area (Å²) in [5.74, 6) is -0.545. The average molecular weight is 293 g/mol. The Morgan fingerprint density at radius 1 is 1.14 bits per heavy atom. The van der Waals surface area contributed by atoms with Gasteiger partial charge < -0.3 is 14.7 Å². The van der Waals surface area contributed by atoms with Crippen LogP contribution in [-0.4, -0.2) is 41.6 Å². The summed E-state index contributed by atoms with van der Waals surface area (Å²) in [7, 11) is 0. The van der Waals surface area contributed by atoms with Gasteiger partial charge in [-0.2, -0.15) is 0 Å². The molecule has 1 aromatic carbocycles. The summed E-state index contributed by atoms with van der Waals surface area (Å²) < 4.78 is 5.53. The molecule has 0 atom stereocenters. The van der Waals surface area contributed by atoms with Gasteiger partial charge in [0.05, 0.1) is 6.61 Å². The van der Waals surface area contributed by atoms with Gasteiger partial charge in [0.15, 0.2) is 0 Å². The summed E-state index contributed by atoms with van der Waals surface area (Å²) in [4.78, 5) is 24.4. The van der Waals surface area contributed by atoms with Gasteiger partial charge in [-0.15, -0.1) is 0 Å². The van der Waals surface area contributed by atoms with Crippen LogP contribution in [0.1, 0.15) is 43.5 Å². The fourth-order valence-corrected chi connectivity index (χ4v) is 1.90. The van der Waals surface area contributed by atoms with Crippen molar-refractivity contribution in [2.75, 3.05) is 19.7 Å². The number of benzene rings is 1. The number of carbonyl (C=O) groups is 2. The first-order valence-corrected chi connectivity index (χ1v) is 7.32.